The number of hydrogen-bond acceptors (Lipinski definition) is 5. The van der Waals surface area contributed by atoms with Gasteiger partial charge in [0.15, 0.2) is 0 Å². The van der Waals surface area contributed by atoms with E-state index in [0.29, 0.717) is 33.9 Å². The number of fused-ring (bicyclic) bond motifs is 1. The highest BCUT2D eigenvalue weighted by atomic mass is 19.4. The van der Waals surface area contributed by atoms with E-state index in [-0.39, 0.29) is 5.69 Å². The summed E-state index contributed by atoms with van der Waals surface area (Å²) in [6, 6.07) is 4.48. The average Bonchev–Trinajstić information content (AvgIpc) is 2.47. The van der Waals surface area contributed by atoms with Gasteiger partial charge in [0.25, 0.3) is 0 Å². The number of nitrogens with one attached hydrogen (secondary N) is 2. The molecular formula is C15H14F3N5. The number of aryl methyl sites for hydroxylation is 1. The molecule has 0 saturated heterocycles. The number of allylic oxidation sites excluding steroid dienone is 2. The second-order valence-electron chi connectivity index (χ2n) is 4.90. The molecule has 0 saturated carbocycles. The Morgan fingerprint density at radius 2 is 1.91 bits per heavy atom. The van der Waals surface area contributed by atoms with E-state index in [1.807, 2.05) is 0 Å². The molecule has 2 rings (SSSR count). The third kappa shape index (κ3) is 2.87. The van der Waals surface area contributed by atoms with Gasteiger partial charge in [-0.1, -0.05) is 0 Å². The number of pyridine rings is 1. The summed E-state index contributed by atoms with van der Waals surface area (Å²) in [5, 5.41) is 15.3. The molecular weight excluding hydrogens is 307 g/mol. The largest absolute Gasteiger partial charge is 0.431 e. The summed E-state index contributed by atoms with van der Waals surface area (Å²) in [4.78, 5) is 4.14. The van der Waals surface area contributed by atoms with E-state index in [4.69, 9.17) is 22.3 Å². The van der Waals surface area contributed by atoms with Crippen molar-refractivity contribution in [2.45, 2.75) is 13.1 Å². The van der Waals surface area contributed by atoms with Gasteiger partial charge < -0.3 is 22.3 Å². The quantitative estimate of drug-likeness (QED) is 0.515. The van der Waals surface area contributed by atoms with E-state index in [0.717, 1.165) is 6.21 Å². The number of nitrogens with two attached hydrogens (primary N) is 2. The molecule has 0 aliphatic heterocycles. The lowest BCUT2D eigenvalue weighted by Gasteiger charge is -2.14. The lowest BCUT2D eigenvalue weighted by atomic mass is 10.00. The van der Waals surface area contributed by atoms with Crippen molar-refractivity contribution >= 4 is 34.6 Å². The Morgan fingerprint density at radius 3 is 2.43 bits per heavy atom. The highest BCUT2D eigenvalue weighted by molar-refractivity contribution is 6.10. The Labute approximate surface area is 129 Å². The van der Waals surface area contributed by atoms with Crippen molar-refractivity contribution in [3.63, 3.8) is 0 Å². The fraction of sp³-hybridized carbons (Fsp3) is 0.133. The first-order chi connectivity index (χ1) is 10.7. The van der Waals surface area contributed by atoms with E-state index in [2.05, 4.69) is 4.98 Å². The predicted octanol–water partition coefficient (Wildman–Crippen LogP) is 3.00. The van der Waals surface area contributed by atoms with Gasteiger partial charge in [-0.05, 0) is 30.7 Å². The molecule has 23 heavy (non-hydrogen) atoms. The number of nitrogen functional groups attached to an aromatic ring is 1. The van der Waals surface area contributed by atoms with Crippen molar-refractivity contribution in [1.29, 1.82) is 10.8 Å². The monoisotopic (exact) mass is 321 g/mol. The average molecular weight is 321 g/mol. The summed E-state index contributed by atoms with van der Waals surface area (Å²) >= 11 is 0. The number of rotatable bonds is 3. The van der Waals surface area contributed by atoms with E-state index in [1.165, 1.54) is 12.1 Å². The zero-order chi connectivity index (χ0) is 17.4. The number of hydrogen-bond donors (Lipinski definition) is 4. The first-order valence-electron chi connectivity index (χ1n) is 6.48. The Morgan fingerprint density at radius 1 is 1.26 bits per heavy atom. The van der Waals surface area contributed by atoms with Gasteiger partial charge in [-0.2, -0.15) is 13.2 Å². The van der Waals surface area contributed by atoms with Crippen molar-refractivity contribution < 1.29 is 13.2 Å². The number of nitrogens with zero attached hydrogens (tertiary/aromatic N) is 1. The third-order valence-electron chi connectivity index (χ3n) is 3.41. The zero-order valence-corrected chi connectivity index (χ0v) is 12.1. The van der Waals surface area contributed by atoms with Crippen LogP contribution in [0.2, 0.25) is 0 Å². The molecule has 0 spiro atoms. The fourth-order valence-corrected chi connectivity index (χ4v) is 2.31. The first-order valence-corrected chi connectivity index (χ1v) is 6.48. The maximum absolute atomic E-state index is 12.8. The van der Waals surface area contributed by atoms with Crippen LogP contribution in [0.5, 0.6) is 0 Å². The summed E-state index contributed by atoms with van der Waals surface area (Å²) in [6.07, 6.45) is -3.15. The van der Waals surface area contributed by atoms with Crippen LogP contribution in [0.25, 0.3) is 16.5 Å². The van der Waals surface area contributed by atoms with Crippen LogP contribution in [0.1, 0.15) is 16.8 Å². The number of anilines is 1. The molecule has 0 bridgehead atoms. The molecule has 8 heteroatoms. The number of halogens is 3. The van der Waals surface area contributed by atoms with Gasteiger partial charge in [0.2, 0.25) is 0 Å². The minimum absolute atomic E-state index is 0.0551. The summed E-state index contributed by atoms with van der Waals surface area (Å²) in [5.41, 5.74) is 10.8. The maximum atomic E-state index is 12.8. The Hall–Kier alpha value is -2.90. The van der Waals surface area contributed by atoms with Crippen molar-refractivity contribution in [2.24, 2.45) is 5.73 Å². The van der Waals surface area contributed by atoms with E-state index in [9.17, 15) is 13.2 Å². The summed E-state index contributed by atoms with van der Waals surface area (Å²) < 4.78 is 38.4. The third-order valence-corrected chi connectivity index (χ3v) is 3.41. The van der Waals surface area contributed by atoms with Crippen LogP contribution in [0, 0.1) is 17.7 Å². The molecule has 0 aliphatic rings. The van der Waals surface area contributed by atoms with Crippen molar-refractivity contribution in [1.82, 2.24) is 4.98 Å². The normalized spacial score (nSPS) is 12.9. The van der Waals surface area contributed by atoms with Crippen LogP contribution in [-0.2, 0) is 0 Å². The highest BCUT2D eigenvalue weighted by Crippen LogP contribution is 2.31. The van der Waals surface area contributed by atoms with Gasteiger partial charge in [0.05, 0.1) is 11.2 Å². The van der Waals surface area contributed by atoms with Crippen molar-refractivity contribution in [3.05, 3.63) is 40.7 Å². The van der Waals surface area contributed by atoms with Crippen LogP contribution < -0.4 is 11.5 Å². The number of benzene rings is 1. The molecule has 6 N–H and O–H groups in total. The van der Waals surface area contributed by atoms with Gasteiger partial charge in [-0.15, -0.1) is 0 Å². The molecule has 1 aromatic carbocycles. The maximum Gasteiger partial charge on any atom is 0.431 e. The summed E-state index contributed by atoms with van der Waals surface area (Å²) in [7, 11) is 0. The van der Waals surface area contributed by atoms with Crippen LogP contribution in [0.3, 0.4) is 0 Å². The lowest BCUT2D eigenvalue weighted by molar-refractivity contribution is -0.0918. The second kappa shape index (κ2) is 5.71. The van der Waals surface area contributed by atoms with Crippen molar-refractivity contribution in [3.8, 4) is 0 Å². The van der Waals surface area contributed by atoms with Gasteiger partial charge in [0, 0.05) is 34.6 Å². The number of alkyl halides is 3. The molecule has 0 fully saturated rings. The molecule has 0 unspecified atom stereocenters. The van der Waals surface area contributed by atoms with E-state index >= 15 is 0 Å². The molecule has 0 atom stereocenters. The standard InChI is InChI=1S/C15H14F3N5/c1-7-4-12(9(6-20)14(22)15(16,17)18)23-11-3-2-10(21)8(5-19)13(7)11/h2-6,19-20H,21-22H2,1H3. The lowest BCUT2D eigenvalue weighted by Crippen LogP contribution is -2.22. The van der Waals surface area contributed by atoms with Gasteiger partial charge >= 0.3 is 6.18 Å². The smallest absolute Gasteiger partial charge is 0.398 e. The summed E-state index contributed by atoms with van der Waals surface area (Å²) in [5.74, 6) is 0. The first kappa shape index (κ1) is 16.5. The van der Waals surface area contributed by atoms with Gasteiger partial charge in [-0.25, -0.2) is 4.98 Å². The van der Waals surface area contributed by atoms with Crippen LogP contribution >= 0.6 is 0 Å². The van der Waals surface area contributed by atoms with E-state index in [1.54, 1.807) is 13.0 Å². The van der Waals surface area contributed by atoms with Crippen LogP contribution in [0.4, 0.5) is 18.9 Å². The molecule has 0 amide bonds. The fourth-order valence-electron chi connectivity index (χ4n) is 2.31. The second-order valence-corrected chi connectivity index (χ2v) is 4.90. The molecule has 5 nitrogen and oxygen atoms in total. The molecule has 0 aliphatic carbocycles. The van der Waals surface area contributed by atoms with Gasteiger partial charge in [0.1, 0.15) is 5.70 Å². The topological polar surface area (TPSA) is 113 Å². The van der Waals surface area contributed by atoms with Crippen LogP contribution in [0.15, 0.2) is 23.9 Å². The Balaban J connectivity index is 2.82. The van der Waals surface area contributed by atoms with Crippen molar-refractivity contribution in [2.75, 3.05) is 5.73 Å². The Kier molecular flexibility index (Phi) is 4.09. The van der Waals surface area contributed by atoms with E-state index < -0.39 is 17.4 Å². The Bertz CT molecular complexity index is 837. The SMILES string of the molecule is Cc1cc(C(C=N)=C(N)C(F)(F)F)nc2ccc(N)c(C=N)c12. The molecule has 2 aromatic rings. The minimum Gasteiger partial charge on any atom is -0.398 e. The molecule has 1 aromatic heterocycles. The highest BCUT2D eigenvalue weighted by Gasteiger charge is 2.34. The van der Waals surface area contributed by atoms with Crippen LogP contribution in [-0.4, -0.2) is 23.6 Å². The summed E-state index contributed by atoms with van der Waals surface area (Å²) in [6.45, 7) is 1.67. The molecule has 1 heterocycles. The van der Waals surface area contributed by atoms with Gasteiger partial charge in [-0.3, -0.25) is 0 Å². The predicted molar refractivity (Wildman–Crippen MR) is 84.7 cm³/mol. The molecule has 0 radical (unpaired) electrons. The zero-order valence-electron chi connectivity index (χ0n) is 12.1. The molecule has 120 valence electrons. The minimum atomic E-state index is -4.75. The number of aromatic nitrogens is 1.